The Hall–Kier alpha value is -3.16. The van der Waals surface area contributed by atoms with Crippen molar-refractivity contribution in [2.45, 2.75) is 0 Å². The lowest BCUT2D eigenvalue weighted by atomic mass is 10.1. The molecule has 5 rings (SSSR count). The van der Waals surface area contributed by atoms with Gasteiger partial charge in [-0.1, -0.05) is 24.3 Å². The van der Waals surface area contributed by atoms with Gasteiger partial charge in [0.25, 0.3) is 5.91 Å². The Balaban J connectivity index is 1.26. The van der Waals surface area contributed by atoms with E-state index in [1.807, 2.05) is 30.5 Å². The molecule has 33 heavy (non-hydrogen) atoms. The van der Waals surface area contributed by atoms with Crippen LogP contribution in [0.5, 0.6) is 0 Å². The van der Waals surface area contributed by atoms with Crippen LogP contribution >= 0.6 is 0 Å². The zero-order valence-corrected chi connectivity index (χ0v) is 18.9. The van der Waals surface area contributed by atoms with E-state index >= 15 is 0 Å². The Morgan fingerprint density at radius 3 is 2.45 bits per heavy atom. The maximum atomic E-state index is 12.8. The molecule has 7 heteroatoms. The number of hydrogen-bond donors (Lipinski definition) is 1. The minimum atomic E-state index is -0.0335. The fourth-order valence-corrected chi connectivity index (χ4v) is 4.62. The van der Waals surface area contributed by atoms with Gasteiger partial charge in [0, 0.05) is 75.2 Å². The first-order valence-electron chi connectivity index (χ1n) is 11.8. The highest BCUT2D eigenvalue weighted by Crippen LogP contribution is 2.27. The molecule has 2 saturated heterocycles. The second-order valence-corrected chi connectivity index (χ2v) is 8.59. The number of para-hydroxylation sites is 1. The van der Waals surface area contributed by atoms with Crippen molar-refractivity contribution in [1.29, 1.82) is 0 Å². The first kappa shape index (κ1) is 21.7. The molecule has 1 N–H and O–H groups in total. The standard InChI is InChI=1S/C26H31N5O2/c32-26(28-10-11-29-16-18-33-19-17-29)22-7-6-21-8-9-27-25(24(21)20-22)31-14-12-30(13-15-31)23-4-2-1-3-5-23/h1-9,20H,10-19H2,(H,28,32). The fourth-order valence-electron chi connectivity index (χ4n) is 4.62. The van der Waals surface area contributed by atoms with Crippen molar-refractivity contribution >= 4 is 28.2 Å². The predicted molar refractivity (Wildman–Crippen MR) is 132 cm³/mol. The molecule has 1 amide bonds. The first-order chi connectivity index (χ1) is 16.3. The summed E-state index contributed by atoms with van der Waals surface area (Å²) in [6.07, 6.45) is 1.86. The molecule has 3 aromatic rings. The normalized spacial score (nSPS) is 17.3. The van der Waals surface area contributed by atoms with E-state index in [0.29, 0.717) is 12.1 Å². The number of nitrogens with zero attached hydrogens (tertiary/aromatic N) is 4. The van der Waals surface area contributed by atoms with Gasteiger partial charge in [-0.15, -0.1) is 0 Å². The number of carbonyl (C=O) groups is 1. The summed E-state index contributed by atoms with van der Waals surface area (Å²) in [5.41, 5.74) is 1.95. The largest absolute Gasteiger partial charge is 0.379 e. The molecule has 0 unspecified atom stereocenters. The van der Waals surface area contributed by atoms with Gasteiger partial charge in [0.05, 0.1) is 13.2 Å². The lowest BCUT2D eigenvalue weighted by molar-refractivity contribution is 0.0383. The highest BCUT2D eigenvalue weighted by molar-refractivity contribution is 6.01. The lowest BCUT2D eigenvalue weighted by Crippen LogP contribution is -2.46. The van der Waals surface area contributed by atoms with E-state index in [2.05, 4.69) is 50.3 Å². The number of piperazine rings is 1. The third-order valence-corrected chi connectivity index (χ3v) is 6.53. The van der Waals surface area contributed by atoms with Gasteiger partial charge in [-0.3, -0.25) is 9.69 Å². The van der Waals surface area contributed by atoms with Crippen molar-refractivity contribution in [2.75, 3.05) is 75.4 Å². The van der Waals surface area contributed by atoms with E-state index in [-0.39, 0.29) is 5.91 Å². The van der Waals surface area contributed by atoms with Gasteiger partial charge in [-0.05, 0) is 35.7 Å². The molecule has 2 aromatic carbocycles. The van der Waals surface area contributed by atoms with Crippen LogP contribution in [-0.2, 0) is 4.74 Å². The van der Waals surface area contributed by atoms with Gasteiger partial charge in [0.1, 0.15) is 5.82 Å². The summed E-state index contributed by atoms with van der Waals surface area (Å²) in [7, 11) is 0. The van der Waals surface area contributed by atoms with E-state index in [0.717, 1.165) is 75.6 Å². The van der Waals surface area contributed by atoms with Crippen LogP contribution in [0.3, 0.4) is 0 Å². The Kier molecular flexibility index (Phi) is 6.69. The number of carbonyl (C=O) groups excluding carboxylic acids is 1. The Morgan fingerprint density at radius 1 is 0.909 bits per heavy atom. The van der Waals surface area contributed by atoms with E-state index in [9.17, 15) is 4.79 Å². The van der Waals surface area contributed by atoms with Crippen LogP contribution in [0.25, 0.3) is 10.8 Å². The van der Waals surface area contributed by atoms with Crippen LogP contribution in [0.15, 0.2) is 60.8 Å². The van der Waals surface area contributed by atoms with E-state index in [1.165, 1.54) is 5.69 Å². The quantitative estimate of drug-likeness (QED) is 0.630. The highest BCUT2D eigenvalue weighted by atomic mass is 16.5. The molecule has 2 aliphatic rings. The summed E-state index contributed by atoms with van der Waals surface area (Å²) < 4.78 is 5.39. The number of hydrogen-bond acceptors (Lipinski definition) is 6. The van der Waals surface area contributed by atoms with Crippen LogP contribution in [-0.4, -0.2) is 81.4 Å². The number of ether oxygens (including phenoxy) is 1. The minimum absolute atomic E-state index is 0.0335. The van der Waals surface area contributed by atoms with Crippen LogP contribution in [0.1, 0.15) is 10.4 Å². The van der Waals surface area contributed by atoms with Crippen LogP contribution in [0.2, 0.25) is 0 Å². The zero-order chi connectivity index (χ0) is 22.5. The SMILES string of the molecule is O=C(NCCN1CCOCC1)c1ccc2ccnc(N3CCN(c4ccccc4)CC3)c2c1. The van der Waals surface area contributed by atoms with E-state index in [1.54, 1.807) is 0 Å². The molecule has 2 aliphatic heterocycles. The van der Waals surface area contributed by atoms with Crippen LogP contribution in [0, 0.1) is 0 Å². The third-order valence-electron chi connectivity index (χ3n) is 6.53. The van der Waals surface area contributed by atoms with Gasteiger partial charge in [-0.2, -0.15) is 0 Å². The van der Waals surface area contributed by atoms with Crippen LogP contribution in [0.4, 0.5) is 11.5 Å². The molecule has 2 fully saturated rings. The van der Waals surface area contributed by atoms with Gasteiger partial charge in [-0.25, -0.2) is 4.98 Å². The van der Waals surface area contributed by atoms with E-state index < -0.39 is 0 Å². The van der Waals surface area contributed by atoms with Crippen molar-refractivity contribution in [3.05, 3.63) is 66.4 Å². The number of anilines is 2. The number of rotatable bonds is 6. The number of morpholine rings is 1. The summed E-state index contributed by atoms with van der Waals surface area (Å²) >= 11 is 0. The summed E-state index contributed by atoms with van der Waals surface area (Å²) in [5.74, 6) is 0.928. The van der Waals surface area contributed by atoms with Crippen LogP contribution < -0.4 is 15.1 Å². The molecule has 3 heterocycles. The van der Waals surface area contributed by atoms with E-state index in [4.69, 9.17) is 9.72 Å². The molecular weight excluding hydrogens is 414 g/mol. The molecule has 0 saturated carbocycles. The first-order valence-corrected chi connectivity index (χ1v) is 11.8. The zero-order valence-electron chi connectivity index (χ0n) is 18.9. The molecule has 0 radical (unpaired) electrons. The second-order valence-electron chi connectivity index (χ2n) is 8.59. The molecule has 7 nitrogen and oxygen atoms in total. The van der Waals surface area contributed by atoms with Crippen molar-refractivity contribution in [3.63, 3.8) is 0 Å². The number of benzene rings is 2. The second kappa shape index (κ2) is 10.2. The molecular formula is C26H31N5O2. The molecule has 0 atom stereocenters. The Bertz CT molecular complexity index is 1080. The van der Waals surface area contributed by atoms with Gasteiger partial charge in [0.2, 0.25) is 0 Å². The summed E-state index contributed by atoms with van der Waals surface area (Å²) in [6.45, 7) is 8.58. The van der Waals surface area contributed by atoms with Gasteiger partial charge in [0.15, 0.2) is 0 Å². The Labute approximate surface area is 194 Å². The van der Waals surface area contributed by atoms with Crippen molar-refractivity contribution < 1.29 is 9.53 Å². The van der Waals surface area contributed by atoms with Crippen molar-refractivity contribution in [1.82, 2.24) is 15.2 Å². The van der Waals surface area contributed by atoms with Crippen molar-refractivity contribution in [3.8, 4) is 0 Å². The molecule has 1 aromatic heterocycles. The third kappa shape index (κ3) is 5.10. The number of pyridine rings is 1. The molecule has 172 valence electrons. The molecule has 0 bridgehead atoms. The highest BCUT2D eigenvalue weighted by Gasteiger charge is 2.20. The summed E-state index contributed by atoms with van der Waals surface area (Å²) in [5, 5.41) is 5.21. The minimum Gasteiger partial charge on any atom is -0.379 e. The molecule has 0 spiro atoms. The lowest BCUT2D eigenvalue weighted by Gasteiger charge is -2.37. The summed E-state index contributed by atoms with van der Waals surface area (Å²) in [4.78, 5) is 24.6. The van der Waals surface area contributed by atoms with Gasteiger partial charge >= 0.3 is 0 Å². The fraction of sp³-hybridized carbons (Fsp3) is 0.385. The number of aromatic nitrogens is 1. The summed E-state index contributed by atoms with van der Waals surface area (Å²) in [6, 6.07) is 18.5. The average molecular weight is 446 g/mol. The number of amides is 1. The maximum Gasteiger partial charge on any atom is 0.251 e. The smallest absolute Gasteiger partial charge is 0.251 e. The van der Waals surface area contributed by atoms with Crippen molar-refractivity contribution in [2.24, 2.45) is 0 Å². The number of fused-ring (bicyclic) bond motifs is 1. The van der Waals surface area contributed by atoms with Gasteiger partial charge < -0.3 is 19.9 Å². The molecule has 0 aliphatic carbocycles. The maximum absolute atomic E-state index is 12.8. The Morgan fingerprint density at radius 2 is 1.67 bits per heavy atom. The monoisotopic (exact) mass is 445 g/mol. The number of nitrogens with one attached hydrogen (secondary N) is 1. The predicted octanol–water partition coefficient (Wildman–Crippen LogP) is 2.62. The average Bonchev–Trinajstić information content (AvgIpc) is 2.89. The topological polar surface area (TPSA) is 60.9 Å².